The van der Waals surface area contributed by atoms with Crippen molar-refractivity contribution < 1.29 is 13.9 Å². The molecule has 0 aliphatic carbocycles. The van der Waals surface area contributed by atoms with E-state index >= 15 is 0 Å². The van der Waals surface area contributed by atoms with Crippen molar-refractivity contribution >= 4 is 5.91 Å². The first-order chi connectivity index (χ1) is 12.6. The van der Waals surface area contributed by atoms with E-state index in [9.17, 15) is 9.18 Å². The highest BCUT2D eigenvalue weighted by Gasteiger charge is 2.16. The van der Waals surface area contributed by atoms with Crippen LogP contribution in [0.4, 0.5) is 4.39 Å². The van der Waals surface area contributed by atoms with Crippen LogP contribution in [0.2, 0.25) is 0 Å². The third kappa shape index (κ3) is 3.72. The molecular weight excluding hydrogens is 331 g/mol. The molecule has 26 heavy (non-hydrogen) atoms. The van der Waals surface area contributed by atoms with Gasteiger partial charge in [-0.3, -0.25) is 9.78 Å². The van der Waals surface area contributed by atoms with Crippen molar-refractivity contribution in [1.82, 2.24) is 10.3 Å². The Morgan fingerprint density at radius 1 is 1.12 bits per heavy atom. The Balaban J connectivity index is 1.79. The largest absolute Gasteiger partial charge is 0.496 e. The molecule has 0 aliphatic rings. The first-order valence-corrected chi connectivity index (χ1v) is 8.24. The van der Waals surface area contributed by atoms with Gasteiger partial charge in [-0.1, -0.05) is 24.3 Å². The van der Waals surface area contributed by atoms with E-state index in [1.807, 2.05) is 31.2 Å². The molecule has 0 spiro atoms. The SMILES string of the molecule is COc1ccccc1[C@H](C)NC(=O)c1ccc(-c2ccncc2)c(F)c1. The van der Waals surface area contributed by atoms with Crippen molar-refractivity contribution in [3.05, 3.63) is 83.9 Å². The predicted molar refractivity (Wildman–Crippen MR) is 98.5 cm³/mol. The minimum atomic E-state index is -0.450. The first kappa shape index (κ1) is 17.6. The Morgan fingerprint density at radius 3 is 2.54 bits per heavy atom. The quantitative estimate of drug-likeness (QED) is 0.743. The second kappa shape index (κ2) is 7.78. The summed E-state index contributed by atoms with van der Waals surface area (Å²) in [5.41, 5.74) is 2.27. The van der Waals surface area contributed by atoms with Crippen LogP contribution in [0.1, 0.15) is 28.9 Å². The van der Waals surface area contributed by atoms with Gasteiger partial charge >= 0.3 is 0 Å². The molecule has 0 saturated carbocycles. The molecule has 1 amide bonds. The van der Waals surface area contributed by atoms with E-state index in [4.69, 9.17) is 4.74 Å². The van der Waals surface area contributed by atoms with Crippen LogP contribution < -0.4 is 10.1 Å². The number of carbonyl (C=O) groups excluding carboxylic acids is 1. The molecule has 5 heteroatoms. The van der Waals surface area contributed by atoms with Crippen LogP contribution in [-0.4, -0.2) is 18.0 Å². The molecule has 0 radical (unpaired) electrons. The lowest BCUT2D eigenvalue weighted by atomic mass is 10.0. The van der Waals surface area contributed by atoms with Crippen molar-refractivity contribution in [2.45, 2.75) is 13.0 Å². The van der Waals surface area contributed by atoms with Gasteiger partial charge in [-0.05, 0) is 42.8 Å². The number of rotatable bonds is 5. The number of methoxy groups -OCH3 is 1. The van der Waals surface area contributed by atoms with Crippen LogP contribution in [-0.2, 0) is 0 Å². The van der Waals surface area contributed by atoms with Gasteiger partial charge in [-0.25, -0.2) is 4.39 Å². The summed E-state index contributed by atoms with van der Waals surface area (Å²) in [5, 5.41) is 2.88. The molecule has 0 bridgehead atoms. The maximum atomic E-state index is 14.5. The van der Waals surface area contributed by atoms with Gasteiger partial charge in [0.1, 0.15) is 11.6 Å². The Morgan fingerprint density at radius 2 is 1.85 bits per heavy atom. The monoisotopic (exact) mass is 350 g/mol. The minimum Gasteiger partial charge on any atom is -0.496 e. The molecule has 1 N–H and O–H groups in total. The van der Waals surface area contributed by atoms with Crippen molar-refractivity contribution in [1.29, 1.82) is 0 Å². The van der Waals surface area contributed by atoms with Gasteiger partial charge in [-0.15, -0.1) is 0 Å². The standard InChI is InChI=1S/C21H19FN2O2/c1-14(17-5-3-4-6-20(17)26-2)24-21(25)16-7-8-18(19(22)13-16)15-9-11-23-12-10-15/h3-14H,1-2H3,(H,24,25)/t14-/m0/s1. The molecule has 1 heterocycles. The minimum absolute atomic E-state index is 0.266. The van der Waals surface area contributed by atoms with Gasteiger partial charge in [0, 0.05) is 29.1 Å². The summed E-state index contributed by atoms with van der Waals surface area (Å²) in [5.74, 6) is -0.100. The fraction of sp³-hybridized carbons (Fsp3) is 0.143. The van der Waals surface area contributed by atoms with Crippen molar-refractivity contribution in [2.75, 3.05) is 7.11 Å². The van der Waals surface area contributed by atoms with Gasteiger partial charge in [0.2, 0.25) is 0 Å². The maximum absolute atomic E-state index is 14.5. The normalized spacial score (nSPS) is 11.7. The van der Waals surface area contributed by atoms with Crippen LogP contribution >= 0.6 is 0 Å². The lowest BCUT2D eigenvalue weighted by Gasteiger charge is -2.17. The molecule has 2 aromatic carbocycles. The lowest BCUT2D eigenvalue weighted by molar-refractivity contribution is 0.0939. The summed E-state index contributed by atoms with van der Waals surface area (Å²) < 4.78 is 19.8. The van der Waals surface area contributed by atoms with E-state index in [1.54, 1.807) is 43.8 Å². The first-order valence-electron chi connectivity index (χ1n) is 8.24. The molecular formula is C21H19FN2O2. The van der Waals surface area contributed by atoms with Crippen molar-refractivity contribution in [3.8, 4) is 16.9 Å². The highest BCUT2D eigenvalue weighted by atomic mass is 19.1. The number of nitrogens with zero attached hydrogens (tertiary/aromatic N) is 1. The average molecular weight is 350 g/mol. The number of pyridine rings is 1. The molecule has 1 aromatic heterocycles. The molecule has 4 nitrogen and oxygen atoms in total. The van der Waals surface area contributed by atoms with Crippen LogP contribution in [0.5, 0.6) is 5.75 Å². The molecule has 3 aromatic rings. The number of para-hydroxylation sites is 1. The van der Waals surface area contributed by atoms with Crippen molar-refractivity contribution in [2.24, 2.45) is 0 Å². The molecule has 1 atom stereocenters. The van der Waals surface area contributed by atoms with E-state index < -0.39 is 5.82 Å². The fourth-order valence-corrected chi connectivity index (χ4v) is 2.80. The van der Waals surface area contributed by atoms with Gasteiger partial charge in [0.25, 0.3) is 5.91 Å². The molecule has 0 unspecified atom stereocenters. The smallest absolute Gasteiger partial charge is 0.251 e. The number of amides is 1. The number of hydrogen-bond acceptors (Lipinski definition) is 3. The summed E-state index contributed by atoms with van der Waals surface area (Å²) in [4.78, 5) is 16.4. The molecule has 0 aliphatic heterocycles. The maximum Gasteiger partial charge on any atom is 0.251 e. The van der Waals surface area contributed by atoms with Crippen LogP contribution in [0.15, 0.2) is 67.0 Å². The van der Waals surface area contributed by atoms with Crippen LogP contribution in [0.25, 0.3) is 11.1 Å². The average Bonchev–Trinajstić information content (AvgIpc) is 2.68. The molecule has 132 valence electrons. The zero-order valence-corrected chi connectivity index (χ0v) is 14.6. The number of carbonyl (C=O) groups is 1. The molecule has 3 rings (SSSR count). The number of hydrogen-bond donors (Lipinski definition) is 1. The number of benzene rings is 2. The summed E-state index contributed by atoms with van der Waals surface area (Å²) in [6.07, 6.45) is 3.20. The Bertz CT molecular complexity index is 913. The van der Waals surface area contributed by atoms with E-state index in [-0.39, 0.29) is 17.5 Å². The number of nitrogens with one attached hydrogen (secondary N) is 1. The van der Waals surface area contributed by atoms with E-state index in [0.29, 0.717) is 16.9 Å². The van der Waals surface area contributed by atoms with E-state index in [2.05, 4.69) is 10.3 Å². The topological polar surface area (TPSA) is 51.2 Å². The Kier molecular flexibility index (Phi) is 5.27. The highest BCUT2D eigenvalue weighted by molar-refractivity contribution is 5.95. The summed E-state index contributed by atoms with van der Waals surface area (Å²) in [6, 6.07) is 15.1. The number of halogens is 1. The lowest BCUT2D eigenvalue weighted by Crippen LogP contribution is -2.27. The van der Waals surface area contributed by atoms with Crippen LogP contribution in [0.3, 0.4) is 0 Å². The van der Waals surface area contributed by atoms with E-state index in [1.165, 1.54) is 6.07 Å². The summed E-state index contributed by atoms with van der Waals surface area (Å²) in [7, 11) is 1.58. The van der Waals surface area contributed by atoms with E-state index in [0.717, 1.165) is 5.56 Å². The molecule has 0 saturated heterocycles. The Labute approximate surface area is 151 Å². The zero-order valence-electron chi connectivity index (χ0n) is 14.6. The predicted octanol–water partition coefficient (Wildman–Crippen LogP) is 4.39. The third-order valence-electron chi connectivity index (χ3n) is 4.18. The highest BCUT2D eigenvalue weighted by Crippen LogP contribution is 2.26. The second-order valence-corrected chi connectivity index (χ2v) is 5.87. The number of ether oxygens (including phenoxy) is 1. The third-order valence-corrected chi connectivity index (χ3v) is 4.18. The van der Waals surface area contributed by atoms with Gasteiger partial charge in [0.05, 0.1) is 13.2 Å². The van der Waals surface area contributed by atoms with Gasteiger partial charge < -0.3 is 10.1 Å². The summed E-state index contributed by atoms with van der Waals surface area (Å²) in [6.45, 7) is 1.86. The van der Waals surface area contributed by atoms with Crippen LogP contribution in [0, 0.1) is 5.82 Å². The molecule has 0 fully saturated rings. The Hall–Kier alpha value is -3.21. The second-order valence-electron chi connectivity index (χ2n) is 5.87. The van der Waals surface area contributed by atoms with Crippen molar-refractivity contribution in [3.63, 3.8) is 0 Å². The van der Waals surface area contributed by atoms with Gasteiger partial charge in [0.15, 0.2) is 0 Å². The fourth-order valence-electron chi connectivity index (χ4n) is 2.80. The summed E-state index contributed by atoms with van der Waals surface area (Å²) >= 11 is 0. The number of aromatic nitrogens is 1. The zero-order chi connectivity index (χ0) is 18.5. The van der Waals surface area contributed by atoms with Gasteiger partial charge in [-0.2, -0.15) is 0 Å².